The molecule has 2 aromatic heterocycles. The number of nitrogens with zero attached hydrogens (tertiary/aromatic N) is 2. The maximum atomic E-state index is 12.1. The highest BCUT2D eigenvalue weighted by atomic mass is 16.6. The first-order chi connectivity index (χ1) is 8.63. The van der Waals surface area contributed by atoms with E-state index in [1.807, 2.05) is 13.0 Å². The summed E-state index contributed by atoms with van der Waals surface area (Å²) in [6.07, 6.45) is 2.89. The SMILES string of the molecule is CCONC(=O)c1cnc2ccc(C)cn2c1=O. The molecule has 0 aliphatic heterocycles. The first-order valence-electron chi connectivity index (χ1n) is 5.53. The van der Waals surface area contributed by atoms with E-state index in [2.05, 4.69) is 10.5 Å². The standard InChI is InChI=1S/C12H13N3O3/c1-3-18-14-11(16)9-6-13-10-5-4-8(2)7-15(10)12(9)17/h4-7H,3H2,1-2H3,(H,14,16). The fourth-order valence-electron chi connectivity index (χ4n) is 1.53. The van der Waals surface area contributed by atoms with E-state index in [1.165, 1.54) is 10.6 Å². The first-order valence-corrected chi connectivity index (χ1v) is 5.53. The van der Waals surface area contributed by atoms with Crippen LogP contribution in [0.25, 0.3) is 5.65 Å². The van der Waals surface area contributed by atoms with Gasteiger partial charge in [0.05, 0.1) is 6.61 Å². The lowest BCUT2D eigenvalue weighted by Gasteiger charge is -2.05. The topological polar surface area (TPSA) is 72.7 Å². The molecule has 0 saturated heterocycles. The molecule has 0 radical (unpaired) electrons. The number of pyridine rings is 1. The average Bonchev–Trinajstić information content (AvgIpc) is 2.37. The van der Waals surface area contributed by atoms with E-state index in [-0.39, 0.29) is 5.56 Å². The van der Waals surface area contributed by atoms with Gasteiger partial charge in [0.15, 0.2) is 0 Å². The summed E-state index contributed by atoms with van der Waals surface area (Å²) >= 11 is 0. The van der Waals surface area contributed by atoms with Gasteiger partial charge in [-0.15, -0.1) is 0 Å². The highest BCUT2D eigenvalue weighted by molar-refractivity contribution is 5.92. The maximum absolute atomic E-state index is 12.1. The molecule has 0 aromatic carbocycles. The number of carbonyl (C=O) groups excluding carboxylic acids is 1. The number of rotatable bonds is 3. The van der Waals surface area contributed by atoms with Crippen LogP contribution in [0.3, 0.4) is 0 Å². The van der Waals surface area contributed by atoms with Gasteiger partial charge in [0.25, 0.3) is 11.5 Å². The molecular weight excluding hydrogens is 234 g/mol. The van der Waals surface area contributed by atoms with Crippen molar-refractivity contribution < 1.29 is 9.63 Å². The highest BCUT2D eigenvalue weighted by Gasteiger charge is 2.12. The number of aryl methyl sites for hydroxylation is 1. The number of fused-ring (bicyclic) bond motifs is 1. The van der Waals surface area contributed by atoms with Crippen molar-refractivity contribution in [1.29, 1.82) is 0 Å². The van der Waals surface area contributed by atoms with Gasteiger partial charge in [-0.3, -0.25) is 18.8 Å². The van der Waals surface area contributed by atoms with Crippen LogP contribution in [0.4, 0.5) is 0 Å². The summed E-state index contributed by atoms with van der Waals surface area (Å²) < 4.78 is 1.34. The first kappa shape index (κ1) is 12.3. The Hall–Kier alpha value is -2.21. The quantitative estimate of drug-likeness (QED) is 0.810. The molecule has 2 heterocycles. The number of hydroxylamine groups is 1. The molecule has 18 heavy (non-hydrogen) atoms. The third-order valence-electron chi connectivity index (χ3n) is 2.40. The molecule has 0 fully saturated rings. The van der Waals surface area contributed by atoms with Gasteiger partial charge >= 0.3 is 0 Å². The predicted molar refractivity (Wildman–Crippen MR) is 65.3 cm³/mol. The lowest BCUT2D eigenvalue weighted by atomic mass is 10.3. The minimum Gasteiger partial charge on any atom is -0.274 e. The van der Waals surface area contributed by atoms with E-state index in [9.17, 15) is 9.59 Å². The van der Waals surface area contributed by atoms with Gasteiger partial charge in [-0.05, 0) is 25.5 Å². The van der Waals surface area contributed by atoms with E-state index in [1.54, 1.807) is 19.2 Å². The highest BCUT2D eigenvalue weighted by Crippen LogP contribution is 2.01. The third kappa shape index (κ3) is 2.23. The molecule has 0 spiro atoms. The van der Waals surface area contributed by atoms with Crippen LogP contribution in [0.15, 0.2) is 29.3 Å². The van der Waals surface area contributed by atoms with Crippen LogP contribution in [0.1, 0.15) is 22.8 Å². The van der Waals surface area contributed by atoms with Crippen molar-refractivity contribution >= 4 is 11.6 Å². The Morgan fingerprint density at radius 2 is 2.28 bits per heavy atom. The minimum atomic E-state index is -0.592. The Labute approximate surface area is 103 Å². The second kappa shape index (κ2) is 4.97. The van der Waals surface area contributed by atoms with Crippen molar-refractivity contribution in [2.75, 3.05) is 6.61 Å². The fraction of sp³-hybridized carbons (Fsp3) is 0.250. The fourth-order valence-corrected chi connectivity index (χ4v) is 1.53. The Morgan fingerprint density at radius 1 is 1.50 bits per heavy atom. The van der Waals surface area contributed by atoms with Gasteiger partial charge in [0.1, 0.15) is 11.2 Å². The molecular formula is C12H13N3O3. The number of aromatic nitrogens is 2. The summed E-state index contributed by atoms with van der Waals surface area (Å²) in [7, 11) is 0. The van der Waals surface area contributed by atoms with Crippen LogP contribution in [0.5, 0.6) is 0 Å². The number of nitrogens with one attached hydrogen (secondary N) is 1. The van der Waals surface area contributed by atoms with Crippen molar-refractivity contribution in [3.8, 4) is 0 Å². The molecule has 2 aromatic rings. The summed E-state index contributed by atoms with van der Waals surface area (Å²) in [6.45, 7) is 3.92. The van der Waals surface area contributed by atoms with E-state index in [0.717, 1.165) is 5.56 Å². The molecule has 1 amide bonds. The van der Waals surface area contributed by atoms with Crippen LogP contribution >= 0.6 is 0 Å². The van der Waals surface area contributed by atoms with Crippen molar-refractivity contribution in [2.45, 2.75) is 13.8 Å². The lowest BCUT2D eigenvalue weighted by Crippen LogP contribution is -2.31. The van der Waals surface area contributed by atoms with Crippen molar-refractivity contribution in [1.82, 2.24) is 14.9 Å². The molecule has 0 aliphatic carbocycles. The number of amides is 1. The predicted octanol–water partition coefficient (Wildman–Crippen LogP) is 0.684. The van der Waals surface area contributed by atoms with Crippen molar-refractivity contribution in [3.63, 3.8) is 0 Å². The van der Waals surface area contributed by atoms with E-state index in [0.29, 0.717) is 12.3 Å². The normalized spacial score (nSPS) is 10.6. The van der Waals surface area contributed by atoms with Crippen LogP contribution in [0.2, 0.25) is 0 Å². The third-order valence-corrected chi connectivity index (χ3v) is 2.40. The summed E-state index contributed by atoms with van der Waals surface area (Å²) in [4.78, 5) is 32.6. The Bertz CT molecular complexity index is 649. The van der Waals surface area contributed by atoms with Crippen molar-refractivity contribution in [2.24, 2.45) is 0 Å². The van der Waals surface area contributed by atoms with E-state index in [4.69, 9.17) is 4.84 Å². The molecule has 0 unspecified atom stereocenters. The van der Waals surface area contributed by atoms with Crippen LogP contribution in [0, 0.1) is 6.92 Å². The molecule has 0 atom stereocenters. The molecule has 6 nitrogen and oxygen atoms in total. The molecule has 6 heteroatoms. The largest absolute Gasteiger partial charge is 0.282 e. The minimum absolute atomic E-state index is 0.0495. The van der Waals surface area contributed by atoms with Gasteiger partial charge in [0, 0.05) is 12.4 Å². The summed E-state index contributed by atoms with van der Waals surface area (Å²) in [6, 6.07) is 3.57. The maximum Gasteiger partial charge on any atom is 0.282 e. The zero-order chi connectivity index (χ0) is 13.1. The van der Waals surface area contributed by atoms with Gasteiger partial charge in [-0.2, -0.15) is 0 Å². The number of carbonyl (C=O) groups is 1. The second-order valence-electron chi connectivity index (χ2n) is 3.78. The lowest BCUT2D eigenvalue weighted by molar-refractivity contribution is 0.0362. The van der Waals surface area contributed by atoms with Crippen LogP contribution in [-0.2, 0) is 4.84 Å². The van der Waals surface area contributed by atoms with E-state index < -0.39 is 11.5 Å². The average molecular weight is 247 g/mol. The molecule has 0 bridgehead atoms. The molecule has 94 valence electrons. The number of hydrogen-bond acceptors (Lipinski definition) is 4. The number of hydrogen-bond donors (Lipinski definition) is 1. The zero-order valence-corrected chi connectivity index (χ0v) is 10.1. The van der Waals surface area contributed by atoms with Crippen LogP contribution < -0.4 is 11.0 Å². The molecule has 0 saturated carbocycles. The summed E-state index contributed by atoms with van der Waals surface area (Å²) in [5.74, 6) is -0.592. The van der Waals surface area contributed by atoms with E-state index >= 15 is 0 Å². The van der Waals surface area contributed by atoms with Gasteiger partial charge in [-0.1, -0.05) is 6.07 Å². The van der Waals surface area contributed by atoms with Gasteiger partial charge in [0.2, 0.25) is 0 Å². The van der Waals surface area contributed by atoms with Gasteiger partial charge in [-0.25, -0.2) is 10.5 Å². The molecule has 2 rings (SSSR count). The zero-order valence-electron chi connectivity index (χ0n) is 10.1. The molecule has 0 aliphatic rings. The van der Waals surface area contributed by atoms with Crippen LogP contribution in [-0.4, -0.2) is 21.9 Å². The Balaban J connectivity index is 2.50. The Kier molecular flexibility index (Phi) is 3.38. The molecule has 1 N–H and O–H groups in total. The van der Waals surface area contributed by atoms with Crippen molar-refractivity contribution in [3.05, 3.63) is 46.0 Å². The summed E-state index contributed by atoms with van der Waals surface area (Å²) in [5, 5.41) is 0. The van der Waals surface area contributed by atoms with Gasteiger partial charge < -0.3 is 0 Å². The monoisotopic (exact) mass is 247 g/mol. The Morgan fingerprint density at radius 3 is 3.00 bits per heavy atom. The summed E-state index contributed by atoms with van der Waals surface area (Å²) in [5.41, 5.74) is 3.12. The smallest absolute Gasteiger partial charge is 0.274 e. The second-order valence-corrected chi connectivity index (χ2v) is 3.78.